The summed E-state index contributed by atoms with van der Waals surface area (Å²) >= 11 is 7.42. The van der Waals surface area contributed by atoms with E-state index in [1.807, 2.05) is 0 Å². The lowest BCUT2D eigenvalue weighted by atomic mass is 10.4. The number of alkyl halides is 3. The molecule has 0 bridgehead atoms. The van der Waals surface area contributed by atoms with Gasteiger partial charge in [0.15, 0.2) is 0 Å². The second-order valence-electron chi connectivity index (χ2n) is 1.74. The predicted molar refractivity (Wildman–Crippen MR) is 53.6 cm³/mol. The number of hydrogen-bond donors (Lipinski definition) is 0. The van der Waals surface area contributed by atoms with E-state index in [0.29, 0.717) is 6.42 Å². The van der Waals surface area contributed by atoms with Crippen LogP contribution in [0.15, 0.2) is 0 Å². The normalized spacial score (nSPS) is 14.9. The van der Waals surface area contributed by atoms with Gasteiger partial charge in [-0.05, 0) is 12.8 Å². The number of rotatable bonds is 4. The average Bonchev–Trinajstić information content (AvgIpc) is 1.78. The molecule has 0 saturated heterocycles. The first-order valence-electron chi connectivity index (χ1n) is 2.71. The second kappa shape index (κ2) is 6.04. The molecule has 0 fully saturated rings. The number of hydrogen-bond acceptors (Lipinski definition) is 3. The lowest BCUT2D eigenvalue weighted by Crippen LogP contribution is -2.03. The van der Waals surface area contributed by atoms with E-state index >= 15 is 0 Å². The minimum Gasteiger partial charge on any atom is -0.750 e. The summed E-state index contributed by atoms with van der Waals surface area (Å²) in [5, 5.41) is 0. The SMILES string of the molecule is O=S([O-])OCCCC(Br)(Br)Br. The lowest BCUT2D eigenvalue weighted by molar-refractivity contribution is 0.294. The van der Waals surface area contributed by atoms with Gasteiger partial charge in [-0.2, -0.15) is 0 Å². The van der Waals surface area contributed by atoms with Crippen LogP contribution in [0.2, 0.25) is 0 Å². The van der Waals surface area contributed by atoms with Crippen LogP contribution in [0.25, 0.3) is 0 Å². The minimum atomic E-state index is -2.39. The molecule has 0 aromatic heterocycles. The molecule has 11 heavy (non-hydrogen) atoms. The maximum Gasteiger partial charge on any atom is 0.135 e. The summed E-state index contributed by atoms with van der Waals surface area (Å²) in [6, 6.07) is 0. The molecule has 0 spiro atoms. The Hall–Kier alpha value is 1.51. The van der Waals surface area contributed by atoms with Crippen LogP contribution < -0.4 is 0 Å². The molecule has 0 rings (SSSR count). The molecule has 0 aliphatic rings. The summed E-state index contributed by atoms with van der Waals surface area (Å²) in [4.78, 5) is 0. The zero-order chi connectivity index (χ0) is 8.91. The van der Waals surface area contributed by atoms with Crippen LogP contribution in [-0.2, 0) is 15.5 Å². The third kappa shape index (κ3) is 11.5. The van der Waals surface area contributed by atoms with Crippen LogP contribution in [0.4, 0.5) is 0 Å². The largest absolute Gasteiger partial charge is 0.750 e. The standard InChI is InChI=1S/C4H7Br3O3S/c5-4(6,7)2-1-3-10-11(8)9/h1-3H2,(H,8,9)/p-1. The van der Waals surface area contributed by atoms with Crippen molar-refractivity contribution in [1.29, 1.82) is 0 Å². The summed E-state index contributed by atoms with van der Waals surface area (Å²) in [5.74, 6) is 0. The van der Waals surface area contributed by atoms with E-state index in [-0.39, 0.29) is 8.75 Å². The van der Waals surface area contributed by atoms with Gasteiger partial charge in [0.25, 0.3) is 0 Å². The molecule has 0 saturated carbocycles. The predicted octanol–water partition coefficient (Wildman–Crippen LogP) is 2.42. The molecule has 68 valence electrons. The van der Waals surface area contributed by atoms with Crippen molar-refractivity contribution in [2.75, 3.05) is 6.61 Å². The lowest BCUT2D eigenvalue weighted by Gasteiger charge is -2.11. The Morgan fingerprint density at radius 3 is 2.36 bits per heavy atom. The zero-order valence-electron chi connectivity index (χ0n) is 5.39. The molecule has 0 heterocycles. The van der Waals surface area contributed by atoms with Crippen LogP contribution in [0.1, 0.15) is 12.8 Å². The molecule has 0 aliphatic carbocycles. The topological polar surface area (TPSA) is 49.4 Å². The highest BCUT2D eigenvalue weighted by Gasteiger charge is 2.16. The Bertz CT molecular complexity index is 135. The van der Waals surface area contributed by atoms with Crippen molar-refractivity contribution in [1.82, 2.24) is 0 Å². The van der Waals surface area contributed by atoms with Crippen LogP contribution >= 0.6 is 47.8 Å². The molecule has 0 radical (unpaired) electrons. The van der Waals surface area contributed by atoms with Crippen LogP contribution in [-0.4, -0.2) is 17.5 Å². The first kappa shape index (κ1) is 12.5. The van der Waals surface area contributed by atoms with Crippen molar-refractivity contribution in [3.05, 3.63) is 0 Å². The average molecular weight is 374 g/mol. The molecule has 0 aromatic rings. The molecule has 1 unspecified atom stereocenters. The van der Waals surface area contributed by atoms with E-state index in [4.69, 9.17) is 0 Å². The Labute approximate surface area is 93.1 Å². The number of halogens is 3. The second-order valence-corrected chi connectivity index (χ2v) is 9.64. The molecule has 0 aliphatic heterocycles. The maximum absolute atomic E-state index is 9.87. The molecular weight excluding hydrogens is 368 g/mol. The van der Waals surface area contributed by atoms with Crippen LogP contribution in [0, 0.1) is 0 Å². The van der Waals surface area contributed by atoms with Gasteiger partial charge < -0.3 is 8.74 Å². The van der Waals surface area contributed by atoms with Gasteiger partial charge in [-0.25, -0.2) is 4.21 Å². The van der Waals surface area contributed by atoms with E-state index in [1.54, 1.807) is 0 Å². The Morgan fingerprint density at radius 2 is 2.00 bits per heavy atom. The van der Waals surface area contributed by atoms with Crippen molar-refractivity contribution in [3.8, 4) is 0 Å². The molecule has 1 atom stereocenters. The highest BCUT2D eigenvalue weighted by Crippen LogP contribution is 2.37. The third-order valence-corrected chi connectivity index (χ3v) is 2.33. The van der Waals surface area contributed by atoms with Gasteiger partial charge in [-0.1, -0.05) is 47.8 Å². The molecule has 0 N–H and O–H groups in total. The van der Waals surface area contributed by atoms with Gasteiger partial charge in [0.05, 0.1) is 18.0 Å². The third-order valence-electron chi connectivity index (χ3n) is 0.784. The van der Waals surface area contributed by atoms with Crippen molar-refractivity contribution in [2.45, 2.75) is 15.0 Å². The molecule has 3 nitrogen and oxygen atoms in total. The van der Waals surface area contributed by atoms with E-state index < -0.39 is 11.4 Å². The zero-order valence-corrected chi connectivity index (χ0v) is 11.0. The van der Waals surface area contributed by atoms with Gasteiger partial charge in [-0.3, -0.25) is 0 Å². The smallest absolute Gasteiger partial charge is 0.135 e. The highest BCUT2D eigenvalue weighted by molar-refractivity contribution is 9.39. The molecule has 0 amide bonds. The van der Waals surface area contributed by atoms with Crippen molar-refractivity contribution in [2.24, 2.45) is 0 Å². The van der Waals surface area contributed by atoms with E-state index in [1.165, 1.54) is 0 Å². The van der Waals surface area contributed by atoms with E-state index in [2.05, 4.69) is 52.0 Å². The van der Waals surface area contributed by atoms with E-state index in [9.17, 15) is 8.76 Å². The van der Waals surface area contributed by atoms with Gasteiger partial charge in [0.2, 0.25) is 0 Å². The summed E-state index contributed by atoms with van der Waals surface area (Å²) in [6.45, 7) is 0.209. The molecule has 7 heteroatoms. The first-order valence-corrected chi connectivity index (χ1v) is 6.09. The monoisotopic (exact) mass is 371 g/mol. The van der Waals surface area contributed by atoms with Crippen molar-refractivity contribution in [3.63, 3.8) is 0 Å². The van der Waals surface area contributed by atoms with Gasteiger partial charge in [-0.15, -0.1) is 0 Å². The van der Waals surface area contributed by atoms with E-state index in [0.717, 1.165) is 6.42 Å². The minimum absolute atomic E-state index is 0.209. The van der Waals surface area contributed by atoms with Gasteiger partial charge in [0, 0.05) is 0 Å². The summed E-state index contributed by atoms with van der Waals surface area (Å²) < 4.78 is 23.7. The van der Waals surface area contributed by atoms with Gasteiger partial charge >= 0.3 is 0 Å². The Morgan fingerprint density at radius 1 is 1.45 bits per heavy atom. The fourth-order valence-corrected chi connectivity index (χ4v) is 1.49. The Kier molecular flexibility index (Phi) is 6.87. The summed E-state index contributed by atoms with van der Waals surface area (Å²) in [6.07, 6.45) is 1.37. The maximum atomic E-state index is 9.87. The molecule has 0 aromatic carbocycles. The highest BCUT2D eigenvalue weighted by atomic mass is 80.0. The quantitative estimate of drug-likeness (QED) is 0.432. The van der Waals surface area contributed by atoms with Crippen LogP contribution in [0.5, 0.6) is 0 Å². The summed E-state index contributed by atoms with van der Waals surface area (Å²) in [5.41, 5.74) is 0. The first-order chi connectivity index (χ1) is 4.92. The van der Waals surface area contributed by atoms with Crippen molar-refractivity contribution >= 4 is 59.2 Å². The molecular formula is C4H6Br3O3S-. The van der Waals surface area contributed by atoms with Crippen LogP contribution in [0.3, 0.4) is 0 Å². The fourth-order valence-electron chi connectivity index (χ4n) is 0.400. The van der Waals surface area contributed by atoms with Gasteiger partial charge in [0.1, 0.15) is 2.14 Å². The Balaban J connectivity index is 3.22. The fraction of sp³-hybridized carbons (Fsp3) is 1.00. The van der Waals surface area contributed by atoms with Crippen molar-refractivity contribution < 1.29 is 12.9 Å². The summed E-state index contributed by atoms with van der Waals surface area (Å²) in [7, 11) is 0.